The zero-order chi connectivity index (χ0) is 37.6. The second-order valence-corrected chi connectivity index (χ2v) is 20.7. The summed E-state index contributed by atoms with van der Waals surface area (Å²) in [5, 5.41) is 0. The lowest BCUT2D eigenvalue weighted by Crippen LogP contribution is -2.74. The van der Waals surface area contributed by atoms with Crippen LogP contribution in [-0.4, -0.2) is 0 Å². The minimum Gasteiger partial charge on any atom is -0.310 e. The van der Waals surface area contributed by atoms with Gasteiger partial charge in [-0.1, -0.05) is 137 Å². The Balaban J connectivity index is 0.997. The highest BCUT2D eigenvalue weighted by atomic mass is 32.2. The maximum absolute atomic E-state index is 2.64. The Labute approximate surface area is 337 Å². The van der Waals surface area contributed by atoms with Gasteiger partial charge in [-0.15, -0.1) is 0 Å². The molecule has 0 N–H and O–H groups in total. The SMILES string of the molecule is CC1(C)CCC(C)(C)c2c(N(c3ccc(-c4ccc5c(c4)C4(c6ccccc6S5)C5CC6CC7CC4C75C6)cc3)c3ccccc3-c3ccccc3)cccc21. The van der Waals surface area contributed by atoms with E-state index in [9.17, 15) is 0 Å². The van der Waals surface area contributed by atoms with E-state index in [0.29, 0.717) is 5.41 Å². The predicted octanol–water partition coefficient (Wildman–Crippen LogP) is 14.7. The van der Waals surface area contributed by atoms with Crippen molar-refractivity contribution >= 4 is 28.8 Å². The van der Waals surface area contributed by atoms with Crippen LogP contribution in [0.4, 0.5) is 17.1 Å². The fraction of sp³-hybridized carbons (Fsp3) is 0.333. The van der Waals surface area contributed by atoms with Crippen LogP contribution in [0.2, 0.25) is 0 Å². The van der Waals surface area contributed by atoms with Crippen LogP contribution in [0.25, 0.3) is 22.3 Å². The Morgan fingerprint density at radius 2 is 1.21 bits per heavy atom. The van der Waals surface area contributed by atoms with Gasteiger partial charge in [0.1, 0.15) is 0 Å². The Morgan fingerprint density at radius 3 is 2.05 bits per heavy atom. The van der Waals surface area contributed by atoms with Crippen molar-refractivity contribution < 1.29 is 0 Å². The molecule has 278 valence electrons. The van der Waals surface area contributed by atoms with Crippen LogP contribution < -0.4 is 4.90 Å². The van der Waals surface area contributed by atoms with Crippen molar-refractivity contribution in [3.63, 3.8) is 0 Å². The molecule has 6 aromatic rings. The number of anilines is 3. The standard InChI is InChI=1S/C54H51NS/c1-51(2)27-28-52(3,4)50-42(51)17-12-19-45(50)55(44-18-10-8-15-40(44)36-13-6-5-7-14-36)39-24-21-35(22-25-39)37-23-26-47-43(31-37)54(41-16-9-11-20-46(41)56-47)48-30-34-29-38-32-49(54)53(38,48)33-34/h5-26,31,34,38,48-49H,27-30,32-33H2,1-4H3. The molecular formula is C54H51NS. The predicted molar refractivity (Wildman–Crippen MR) is 233 cm³/mol. The minimum atomic E-state index is 0.0520. The van der Waals surface area contributed by atoms with Gasteiger partial charge in [-0.2, -0.15) is 0 Å². The lowest BCUT2D eigenvalue weighted by Gasteiger charge is -2.78. The van der Waals surface area contributed by atoms with Crippen LogP contribution >= 0.6 is 11.8 Å². The minimum absolute atomic E-state index is 0.0520. The van der Waals surface area contributed by atoms with Gasteiger partial charge in [0.15, 0.2) is 0 Å². The zero-order valence-electron chi connectivity index (χ0n) is 33.2. The van der Waals surface area contributed by atoms with Crippen LogP contribution in [-0.2, 0) is 16.2 Å². The van der Waals surface area contributed by atoms with Gasteiger partial charge in [-0.3, -0.25) is 0 Å². The third kappa shape index (κ3) is 4.30. The Morgan fingerprint density at radius 1 is 0.536 bits per heavy atom. The molecule has 12 rings (SSSR count). The highest BCUT2D eigenvalue weighted by Gasteiger charge is 2.84. The molecule has 0 amide bonds. The first-order valence-electron chi connectivity index (χ1n) is 21.3. The highest BCUT2D eigenvalue weighted by molar-refractivity contribution is 7.99. The molecule has 5 aliphatic carbocycles. The van der Waals surface area contributed by atoms with Gasteiger partial charge >= 0.3 is 0 Å². The van der Waals surface area contributed by atoms with Crippen molar-refractivity contribution in [2.75, 3.05) is 4.90 Å². The average Bonchev–Trinajstić information content (AvgIpc) is 3.76. The van der Waals surface area contributed by atoms with E-state index < -0.39 is 0 Å². The van der Waals surface area contributed by atoms with E-state index >= 15 is 0 Å². The molecule has 2 spiro atoms. The van der Waals surface area contributed by atoms with Crippen molar-refractivity contribution in [1.82, 2.24) is 0 Å². The lowest BCUT2D eigenvalue weighted by molar-refractivity contribution is -0.235. The molecule has 1 heterocycles. The van der Waals surface area contributed by atoms with Crippen molar-refractivity contribution in [2.45, 2.75) is 92.3 Å². The summed E-state index contributed by atoms with van der Waals surface area (Å²) in [6.45, 7) is 9.79. The monoisotopic (exact) mass is 745 g/mol. The van der Waals surface area contributed by atoms with Crippen molar-refractivity contribution in [1.29, 1.82) is 0 Å². The molecule has 2 bridgehead atoms. The van der Waals surface area contributed by atoms with Gasteiger partial charge in [0.2, 0.25) is 0 Å². The summed E-state index contributed by atoms with van der Waals surface area (Å²) in [4.78, 5) is 5.57. The molecule has 56 heavy (non-hydrogen) atoms. The number of rotatable bonds is 5. The molecule has 0 aromatic heterocycles. The van der Waals surface area contributed by atoms with Crippen LogP contribution in [0.1, 0.15) is 88.5 Å². The molecular weight excluding hydrogens is 695 g/mol. The smallest absolute Gasteiger partial charge is 0.0540 e. The first kappa shape index (κ1) is 33.6. The molecule has 6 atom stereocenters. The summed E-state index contributed by atoms with van der Waals surface area (Å²) in [6, 6.07) is 53.6. The Kier molecular flexibility index (Phi) is 6.92. The maximum Gasteiger partial charge on any atom is 0.0540 e. The molecule has 1 aliphatic heterocycles. The molecule has 2 heteroatoms. The number of hydrogen-bond acceptors (Lipinski definition) is 2. The largest absolute Gasteiger partial charge is 0.310 e. The quantitative estimate of drug-likeness (QED) is 0.173. The number of fused-ring (bicyclic) bond motifs is 8. The van der Waals surface area contributed by atoms with Crippen molar-refractivity contribution in [2.24, 2.45) is 29.1 Å². The molecule has 1 nitrogen and oxygen atoms in total. The van der Waals surface area contributed by atoms with Crippen molar-refractivity contribution in [3.05, 3.63) is 162 Å². The summed E-state index contributed by atoms with van der Waals surface area (Å²) >= 11 is 2.01. The Hall–Kier alpha value is -4.53. The molecule has 4 fully saturated rings. The van der Waals surface area contributed by atoms with Crippen molar-refractivity contribution in [3.8, 4) is 22.3 Å². The topological polar surface area (TPSA) is 3.24 Å². The molecule has 4 saturated carbocycles. The summed E-state index contributed by atoms with van der Waals surface area (Å²) < 4.78 is 0. The lowest BCUT2D eigenvalue weighted by atomic mass is 9.26. The zero-order valence-corrected chi connectivity index (χ0v) is 34.0. The van der Waals surface area contributed by atoms with E-state index in [-0.39, 0.29) is 16.2 Å². The highest BCUT2D eigenvalue weighted by Crippen LogP contribution is 2.89. The first-order chi connectivity index (χ1) is 27.2. The summed E-state index contributed by atoms with van der Waals surface area (Å²) in [5.41, 5.74) is 16.1. The number of benzene rings is 6. The fourth-order valence-electron chi connectivity index (χ4n) is 13.9. The first-order valence-corrected chi connectivity index (χ1v) is 22.1. The van der Waals surface area contributed by atoms with Crippen LogP contribution in [0.3, 0.4) is 0 Å². The van der Waals surface area contributed by atoms with Crippen LogP contribution in [0.5, 0.6) is 0 Å². The van der Waals surface area contributed by atoms with Gasteiger partial charge in [0.05, 0.1) is 11.4 Å². The molecule has 6 unspecified atom stereocenters. The maximum atomic E-state index is 2.64. The van der Waals surface area contributed by atoms with E-state index in [1.54, 1.807) is 11.1 Å². The Bertz CT molecular complexity index is 2560. The number of hydrogen-bond donors (Lipinski definition) is 0. The van der Waals surface area contributed by atoms with E-state index in [4.69, 9.17) is 0 Å². The summed E-state index contributed by atoms with van der Waals surface area (Å²) in [7, 11) is 0. The van der Waals surface area contributed by atoms with Gasteiger partial charge in [0.25, 0.3) is 0 Å². The van der Waals surface area contributed by atoms with Gasteiger partial charge in [-0.25, -0.2) is 0 Å². The van der Waals surface area contributed by atoms with Gasteiger partial charge < -0.3 is 4.90 Å². The van der Waals surface area contributed by atoms with Crippen LogP contribution in [0, 0.1) is 29.1 Å². The van der Waals surface area contributed by atoms with Gasteiger partial charge in [-0.05, 0) is 160 Å². The van der Waals surface area contributed by atoms with Crippen LogP contribution in [0.15, 0.2) is 149 Å². The third-order valence-corrected chi connectivity index (χ3v) is 17.4. The van der Waals surface area contributed by atoms with E-state index in [1.807, 2.05) is 11.8 Å². The number of nitrogens with zero attached hydrogens (tertiary/aromatic N) is 1. The molecule has 0 radical (unpaired) electrons. The second-order valence-electron chi connectivity index (χ2n) is 19.6. The average molecular weight is 746 g/mol. The van der Waals surface area contributed by atoms with E-state index in [0.717, 1.165) is 23.7 Å². The molecule has 6 aromatic carbocycles. The normalized spacial score (nSPS) is 29.0. The molecule has 0 saturated heterocycles. The second kappa shape index (κ2) is 11.5. The van der Waals surface area contributed by atoms with Gasteiger partial charge in [0, 0.05) is 26.5 Å². The fourth-order valence-corrected chi connectivity index (χ4v) is 15.1. The van der Waals surface area contributed by atoms with E-state index in [1.165, 1.54) is 98.8 Å². The molecule has 6 aliphatic rings. The third-order valence-electron chi connectivity index (χ3n) is 16.2. The summed E-state index contributed by atoms with van der Waals surface area (Å²) in [6.07, 6.45) is 8.24. The summed E-state index contributed by atoms with van der Waals surface area (Å²) in [5.74, 6) is 3.56. The van der Waals surface area contributed by atoms with E-state index in [2.05, 4.69) is 172 Å². The number of para-hydroxylation sites is 1.